The minimum Gasteiger partial charge on any atom is -0.507 e. The molecule has 11 heteroatoms. The molecule has 0 spiro atoms. The molecule has 0 bridgehead atoms. The van der Waals surface area contributed by atoms with Gasteiger partial charge < -0.3 is 14.6 Å². The van der Waals surface area contributed by atoms with Crippen molar-refractivity contribution in [1.29, 1.82) is 0 Å². The number of aromatic nitrogens is 2. The molecule has 2 aliphatic heterocycles. The van der Waals surface area contributed by atoms with Crippen LogP contribution in [0.1, 0.15) is 35.2 Å². The molecule has 6 rings (SSSR count). The maximum absolute atomic E-state index is 13.5. The Labute approximate surface area is 249 Å². The van der Waals surface area contributed by atoms with Gasteiger partial charge in [-0.25, -0.2) is 0 Å². The van der Waals surface area contributed by atoms with Crippen molar-refractivity contribution in [3.63, 3.8) is 0 Å². The molecule has 3 aromatic carbocycles. The SMILES string of the molecule is CCc1ccc(C2/C(=C(\O)c3ccc4c(c3)OCCO4)C(=O)C(=O)N2c2nnc(SCc3ccccc3Cl)s2)cc1. The van der Waals surface area contributed by atoms with Gasteiger partial charge in [0.15, 0.2) is 15.8 Å². The Morgan fingerprint density at radius 2 is 1.80 bits per heavy atom. The van der Waals surface area contributed by atoms with Crippen LogP contribution in [0.4, 0.5) is 5.13 Å². The number of halogens is 1. The number of hydrogen-bond donors (Lipinski definition) is 1. The molecule has 1 fully saturated rings. The van der Waals surface area contributed by atoms with Gasteiger partial charge in [-0.15, -0.1) is 10.2 Å². The zero-order chi connectivity index (χ0) is 28.5. The first-order valence-corrected chi connectivity index (χ1v) is 15.1. The average Bonchev–Trinajstić information content (AvgIpc) is 3.58. The third-order valence-electron chi connectivity index (χ3n) is 6.87. The van der Waals surface area contributed by atoms with Gasteiger partial charge in [0.05, 0.1) is 11.6 Å². The normalized spacial score (nSPS) is 17.7. The fourth-order valence-corrected chi connectivity index (χ4v) is 6.89. The molecule has 4 aromatic rings. The zero-order valence-corrected chi connectivity index (χ0v) is 24.3. The standard InChI is InChI=1S/C30H24ClN3O5S2/c1-2-17-7-9-18(10-8-17)25-24(26(35)19-11-12-22-23(15-19)39-14-13-38-22)27(36)28(37)34(25)29-32-33-30(41-29)40-16-20-5-3-4-6-21(20)31/h3-12,15,25,35H,2,13-14,16H2,1H3/b26-24+. The molecule has 1 amide bonds. The molecule has 0 saturated carbocycles. The average molecular weight is 606 g/mol. The van der Waals surface area contributed by atoms with E-state index < -0.39 is 17.7 Å². The summed E-state index contributed by atoms with van der Waals surface area (Å²) in [7, 11) is 0. The maximum Gasteiger partial charge on any atom is 0.301 e. The van der Waals surface area contributed by atoms with E-state index in [9.17, 15) is 14.7 Å². The molecular formula is C30H24ClN3O5S2. The molecule has 1 N–H and O–H groups in total. The first-order valence-electron chi connectivity index (χ1n) is 12.9. The summed E-state index contributed by atoms with van der Waals surface area (Å²) in [6.07, 6.45) is 0.833. The molecule has 41 heavy (non-hydrogen) atoms. The molecule has 8 nitrogen and oxygen atoms in total. The molecule has 2 aliphatic rings. The maximum atomic E-state index is 13.5. The van der Waals surface area contributed by atoms with E-state index >= 15 is 0 Å². The number of rotatable bonds is 7. The molecule has 3 heterocycles. The number of ketones is 1. The molecule has 1 aromatic heterocycles. The van der Waals surface area contributed by atoms with Crippen molar-refractivity contribution in [2.45, 2.75) is 29.5 Å². The zero-order valence-electron chi connectivity index (χ0n) is 21.9. The lowest BCUT2D eigenvalue weighted by molar-refractivity contribution is -0.132. The number of aliphatic hydroxyl groups excluding tert-OH is 1. The van der Waals surface area contributed by atoms with E-state index in [4.69, 9.17) is 21.1 Å². The van der Waals surface area contributed by atoms with Gasteiger partial charge in [0.2, 0.25) is 5.13 Å². The van der Waals surface area contributed by atoms with Gasteiger partial charge in [-0.1, -0.05) is 84.1 Å². The molecule has 1 saturated heterocycles. The van der Waals surface area contributed by atoms with Crippen LogP contribution >= 0.6 is 34.7 Å². The lowest BCUT2D eigenvalue weighted by atomic mass is 9.94. The van der Waals surface area contributed by atoms with Crippen LogP contribution in [0.2, 0.25) is 5.02 Å². The number of aryl methyl sites for hydroxylation is 1. The molecule has 1 atom stereocenters. The third-order valence-corrected chi connectivity index (χ3v) is 9.35. The number of ether oxygens (including phenoxy) is 2. The van der Waals surface area contributed by atoms with Crippen LogP contribution in [0.5, 0.6) is 11.5 Å². The van der Waals surface area contributed by atoms with E-state index in [-0.39, 0.29) is 16.5 Å². The number of amides is 1. The van der Waals surface area contributed by atoms with Crippen LogP contribution in [-0.4, -0.2) is 40.2 Å². The molecule has 1 unspecified atom stereocenters. The van der Waals surface area contributed by atoms with Crippen LogP contribution in [0.15, 0.2) is 76.6 Å². The third kappa shape index (κ3) is 5.30. The van der Waals surface area contributed by atoms with Crippen molar-refractivity contribution in [2.75, 3.05) is 18.1 Å². The summed E-state index contributed by atoms with van der Waals surface area (Å²) in [6, 6.07) is 19.2. The lowest BCUT2D eigenvalue weighted by Gasteiger charge is -2.23. The van der Waals surface area contributed by atoms with Crippen LogP contribution in [0, 0.1) is 0 Å². The predicted molar refractivity (Wildman–Crippen MR) is 159 cm³/mol. The number of Topliss-reactive ketones (excluding diaryl/α,β-unsaturated/α-hetero) is 1. The van der Waals surface area contributed by atoms with Gasteiger partial charge in [0.1, 0.15) is 19.0 Å². The second-order valence-corrected chi connectivity index (χ2v) is 11.9. The number of benzene rings is 3. The van der Waals surface area contributed by atoms with Gasteiger partial charge in [-0.05, 0) is 47.4 Å². The van der Waals surface area contributed by atoms with E-state index in [1.807, 2.05) is 55.5 Å². The number of aliphatic hydroxyl groups is 1. The van der Waals surface area contributed by atoms with Gasteiger partial charge in [0, 0.05) is 16.3 Å². The Hall–Kier alpha value is -3.86. The Morgan fingerprint density at radius 3 is 2.56 bits per heavy atom. The van der Waals surface area contributed by atoms with E-state index in [1.165, 1.54) is 28.0 Å². The highest BCUT2D eigenvalue weighted by Gasteiger charge is 2.48. The van der Waals surface area contributed by atoms with Crippen LogP contribution in [0.25, 0.3) is 5.76 Å². The fourth-order valence-electron chi connectivity index (χ4n) is 4.74. The number of hydrogen-bond acceptors (Lipinski definition) is 9. The highest BCUT2D eigenvalue weighted by Crippen LogP contribution is 2.45. The van der Waals surface area contributed by atoms with E-state index in [0.29, 0.717) is 51.0 Å². The summed E-state index contributed by atoms with van der Waals surface area (Å²) in [4.78, 5) is 28.4. The van der Waals surface area contributed by atoms with E-state index in [1.54, 1.807) is 18.2 Å². The quantitative estimate of drug-likeness (QED) is 0.0844. The number of carbonyl (C=O) groups is 2. The van der Waals surface area contributed by atoms with Gasteiger partial charge in [-0.3, -0.25) is 14.5 Å². The Morgan fingerprint density at radius 1 is 1.05 bits per heavy atom. The van der Waals surface area contributed by atoms with Crippen LogP contribution in [0.3, 0.4) is 0 Å². The number of carbonyl (C=O) groups excluding carboxylic acids is 2. The number of thioether (sulfide) groups is 1. The number of anilines is 1. The Balaban J connectivity index is 1.39. The second-order valence-electron chi connectivity index (χ2n) is 9.35. The van der Waals surface area contributed by atoms with Crippen molar-refractivity contribution < 1.29 is 24.2 Å². The minimum absolute atomic E-state index is 0.0311. The van der Waals surface area contributed by atoms with Crippen molar-refractivity contribution in [3.8, 4) is 11.5 Å². The summed E-state index contributed by atoms with van der Waals surface area (Å²) in [5.74, 6) is -0.308. The fraction of sp³-hybridized carbons (Fsp3) is 0.200. The second kappa shape index (κ2) is 11.6. The van der Waals surface area contributed by atoms with E-state index in [2.05, 4.69) is 10.2 Å². The largest absolute Gasteiger partial charge is 0.507 e. The highest BCUT2D eigenvalue weighted by atomic mass is 35.5. The van der Waals surface area contributed by atoms with Gasteiger partial charge in [0.25, 0.3) is 5.78 Å². The molecular weight excluding hydrogens is 582 g/mol. The van der Waals surface area contributed by atoms with E-state index in [0.717, 1.165) is 17.5 Å². The lowest BCUT2D eigenvalue weighted by Crippen LogP contribution is -2.29. The van der Waals surface area contributed by atoms with Gasteiger partial charge in [-0.2, -0.15) is 0 Å². The molecule has 208 valence electrons. The minimum atomic E-state index is -0.900. The number of nitrogens with zero attached hydrogens (tertiary/aromatic N) is 3. The molecule has 0 aliphatic carbocycles. The first-order chi connectivity index (χ1) is 19.9. The monoisotopic (exact) mass is 605 g/mol. The van der Waals surface area contributed by atoms with Crippen molar-refractivity contribution in [2.24, 2.45) is 0 Å². The van der Waals surface area contributed by atoms with Crippen LogP contribution < -0.4 is 14.4 Å². The molecule has 0 radical (unpaired) electrons. The Bertz CT molecular complexity index is 1670. The summed E-state index contributed by atoms with van der Waals surface area (Å²) in [5, 5.41) is 21.0. The van der Waals surface area contributed by atoms with Crippen molar-refractivity contribution >= 4 is 57.3 Å². The van der Waals surface area contributed by atoms with Crippen molar-refractivity contribution in [3.05, 3.63) is 99.6 Å². The highest BCUT2D eigenvalue weighted by molar-refractivity contribution is 8.00. The smallest absolute Gasteiger partial charge is 0.301 e. The first kappa shape index (κ1) is 27.3. The summed E-state index contributed by atoms with van der Waals surface area (Å²) in [5.41, 5.74) is 3.03. The Kier molecular flexibility index (Phi) is 7.70. The van der Waals surface area contributed by atoms with Crippen LogP contribution in [-0.2, 0) is 21.8 Å². The summed E-state index contributed by atoms with van der Waals surface area (Å²) >= 11 is 8.94. The topological polar surface area (TPSA) is 102 Å². The summed E-state index contributed by atoms with van der Waals surface area (Å²) < 4.78 is 11.9. The number of fused-ring (bicyclic) bond motifs is 1. The van der Waals surface area contributed by atoms with Crippen molar-refractivity contribution in [1.82, 2.24) is 10.2 Å². The predicted octanol–water partition coefficient (Wildman–Crippen LogP) is 6.44. The van der Waals surface area contributed by atoms with Gasteiger partial charge >= 0.3 is 5.91 Å². The summed E-state index contributed by atoms with van der Waals surface area (Å²) in [6.45, 7) is 2.85.